The van der Waals surface area contributed by atoms with E-state index >= 15 is 0 Å². The van der Waals surface area contributed by atoms with Crippen molar-refractivity contribution in [3.63, 3.8) is 0 Å². The van der Waals surface area contributed by atoms with E-state index in [9.17, 15) is 14.0 Å². The minimum atomic E-state index is -0.724. The lowest BCUT2D eigenvalue weighted by Gasteiger charge is -2.10. The highest BCUT2D eigenvalue weighted by Gasteiger charge is 2.17. The maximum absolute atomic E-state index is 13.3. The third-order valence-corrected chi connectivity index (χ3v) is 3.57. The molecule has 0 radical (unpaired) electrons. The van der Waals surface area contributed by atoms with Gasteiger partial charge in [-0.25, -0.2) is 9.18 Å². The van der Waals surface area contributed by atoms with Crippen LogP contribution in [0.4, 0.5) is 10.1 Å². The first-order chi connectivity index (χ1) is 8.49. The number of benzene rings is 1. The number of nitrogens with zero attached hydrogens (tertiary/aromatic N) is 1. The highest BCUT2D eigenvalue weighted by Crippen LogP contribution is 2.35. The van der Waals surface area contributed by atoms with Crippen LogP contribution in [0.5, 0.6) is 0 Å². The Morgan fingerprint density at radius 2 is 2.28 bits per heavy atom. The number of ether oxygens (including phenoxy) is 1. The summed E-state index contributed by atoms with van der Waals surface area (Å²) in [6, 6.07) is 2.32. The number of esters is 1. The van der Waals surface area contributed by atoms with E-state index in [0.29, 0.717) is 4.90 Å². The normalized spacial score (nSPS) is 11.6. The molecular weight excluding hydrogens is 281 g/mol. The van der Waals surface area contributed by atoms with Gasteiger partial charge in [0.25, 0.3) is 0 Å². The summed E-state index contributed by atoms with van der Waals surface area (Å²) < 4.78 is 17.9. The Bertz CT molecular complexity index is 517. The van der Waals surface area contributed by atoms with Crippen molar-refractivity contribution < 1.29 is 18.7 Å². The standard InChI is InChI=1S/C11H9ClFNO3S/c1-6(11(16)17-2)18-10-4-9(14-5-15)8(13)3-7(10)12/h3-4,6H,1-2H3. The number of aliphatic imine (C=N–C) groups is 1. The SMILES string of the molecule is COC(=O)C(C)Sc1cc(N=C=O)c(F)cc1Cl. The molecule has 0 aliphatic carbocycles. The van der Waals surface area contributed by atoms with Crippen molar-refractivity contribution in [2.45, 2.75) is 17.1 Å². The number of carbonyl (C=O) groups excluding carboxylic acids is 2. The van der Waals surface area contributed by atoms with Crippen LogP contribution in [0.25, 0.3) is 0 Å². The summed E-state index contributed by atoms with van der Waals surface area (Å²) >= 11 is 6.93. The monoisotopic (exact) mass is 289 g/mol. The number of hydrogen-bond acceptors (Lipinski definition) is 5. The first-order valence-corrected chi connectivity index (χ1v) is 6.06. The summed E-state index contributed by atoms with van der Waals surface area (Å²) in [6.07, 6.45) is 1.25. The Morgan fingerprint density at radius 1 is 1.61 bits per heavy atom. The van der Waals surface area contributed by atoms with Gasteiger partial charge in [-0.05, 0) is 19.1 Å². The molecule has 0 fully saturated rings. The summed E-state index contributed by atoms with van der Waals surface area (Å²) in [5.41, 5.74) is -0.172. The van der Waals surface area contributed by atoms with E-state index in [-0.39, 0.29) is 10.7 Å². The Labute approximate surface area is 112 Å². The largest absolute Gasteiger partial charge is 0.468 e. The second-order valence-electron chi connectivity index (χ2n) is 3.22. The number of rotatable bonds is 4. The van der Waals surface area contributed by atoms with Crippen LogP contribution in [0.2, 0.25) is 5.02 Å². The molecule has 18 heavy (non-hydrogen) atoms. The van der Waals surface area contributed by atoms with E-state index in [4.69, 9.17) is 11.6 Å². The Balaban J connectivity index is 3.05. The van der Waals surface area contributed by atoms with Gasteiger partial charge in [0.05, 0.1) is 12.1 Å². The van der Waals surface area contributed by atoms with Crippen LogP contribution in [0.15, 0.2) is 22.0 Å². The maximum Gasteiger partial charge on any atom is 0.318 e. The van der Waals surface area contributed by atoms with Crippen molar-refractivity contribution >= 4 is 41.1 Å². The molecular formula is C11H9ClFNO3S. The molecule has 0 heterocycles. The third-order valence-electron chi connectivity index (χ3n) is 2.00. The fraction of sp³-hybridized carbons (Fsp3) is 0.273. The van der Waals surface area contributed by atoms with Crippen LogP contribution in [-0.4, -0.2) is 24.4 Å². The van der Waals surface area contributed by atoms with Crippen molar-refractivity contribution in [2.75, 3.05) is 7.11 Å². The van der Waals surface area contributed by atoms with Gasteiger partial charge in [-0.15, -0.1) is 11.8 Å². The summed E-state index contributed by atoms with van der Waals surface area (Å²) in [7, 11) is 1.27. The van der Waals surface area contributed by atoms with E-state index in [1.807, 2.05) is 0 Å². The van der Waals surface area contributed by atoms with Gasteiger partial charge in [0, 0.05) is 4.90 Å². The van der Waals surface area contributed by atoms with Crippen LogP contribution >= 0.6 is 23.4 Å². The van der Waals surface area contributed by atoms with Crippen LogP contribution in [0.3, 0.4) is 0 Å². The van der Waals surface area contributed by atoms with Crippen molar-refractivity contribution in [3.05, 3.63) is 23.0 Å². The van der Waals surface area contributed by atoms with Gasteiger partial charge in [0.1, 0.15) is 10.9 Å². The molecule has 0 aromatic heterocycles. The second-order valence-corrected chi connectivity index (χ2v) is 5.01. The van der Waals surface area contributed by atoms with Gasteiger partial charge in [0.15, 0.2) is 5.82 Å². The number of halogens is 2. The zero-order valence-electron chi connectivity index (χ0n) is 9.57. The van der Waals surface area contributed by atoms with Gasteiger partial charge in [-0.3, -0.25) is 4.79 Å². The molecule has 0 amide bonds. The molecule has 1 aromatic rings. The Kier molecular flexibility index (Phi) is 5.34. The fourth-order valence-electron chi connectivity index (χ4n) is 1.15. The minimum Gasteiger partial charge on any atom is -0.468 e. The lowest BCUT2D eigenvalue weighted by atomic mass is 10.3. The molecule has 0 saturated carbocycles. The quantitative estimate of drug-likeness (QED) is 0.370. The number of hydrogen-bond donors (Lipinski definition) is 0. The number of isocyanates is 1. The maximum atomic E-state index is 13.3. The Morgan fingerprint density at radius 3 is 2.83 bits per heavy atom. The van der Waals surface area contributed by atoms with Crippen molar-refractivity contribution in [1.29, 1.82) is 0 Å². The van der Waals surface area contributed by atoms with Crippen LogP contribution in [0, 0.1) is 5.82 Å². The predicted molar refractivity (Wildman–Crippen MR) is 66.5 cm³/mol. The minimum absolute atomic E-state index is 0.137. The fourth-order valence-corrected chi connectivity index (χ4v) is 2.36. The average Bonchev–Trinajstić information content (AvgIpc) is 2.34. The zero-order chi connectivity index (χ0) is 13.7. The highest BCUT2D eigenvalue weighted by molar-refractivity contribution is 8.00. The van der Waals surface area contributed by atoms with Crippen LogP contribution < -0.4 is 0 Å². The lowest BCUT2D eigenvalue weighted by molar-refractivity contribution is -0.139. The molecule has 1 rings (SSSR count). The molecule has 0 bridgehead atoms. The van der Waals surface area contributed by atoms with E-state index < -0.39 is 17.0 Å². The molecule has 0 N–H and O–H groups in total. The number of methoxy groups -OCH3 is 1. The molecule has 0 aliphatic heterocycles. The smallest absolute Gasteiger partial charge is 0.318 e. The molecule has 0 saturated heterocycles. The van der Waals surface area contributed by atoms with E-state index in [0.717, 1.165) is 17.8 Å². The van der Waals surface area contributed by atoms with Gasteiger partial charge < -0.3 is 4.74 Å². The van der Waals surface area contributed by atoms with Gasteiger partial charge in [0.2, 0.25) is 6.08 Å². The van der Waals surface area contributed by atoms with Crippen molar-refractivity contribution in [3.8, 4) is 0 Å². The topological polar surface area (TPSA) is 55.7 Å². The first kappa shape index (κ1) is 14.7. The van der Waals surface area contributed by atoms with Gasteiger partial charge >= 0.3 is 5.97 Å². The number of carbonyl (C=O) groups is 1. The summed E-state index contributed by atoms with van der Waals surface area (Å²) in [4.78, 5) is 25.0. The highest BCUT2D eigenvalue weighted by atomic mass is 35.5. The average molecular weight is 290 g/mol. The summed E-state index contributed by atoms with van der Waals surface area (Å²) in [5, 5.41) is -0.371. The zero-order valence-corrected chi connectivity index (χ0v) is 11.1. The predicted octanol–water partition coefficient (Wildman–Crippen LogP) is 3.10. The van der Waals surface area contributed by atoms with E-state index in [1.54, 1.807) is 6.92 Å². The molecule has 0 aliphatic rings. The molecule has 1 aromatic carbocycles. The van der Waals surface area contributed by atoms with Gasteiger partial charge in [-0.2, -0.15) is 4.99 Å². The summed E-state index contributed by atoms with van der Waals surface area (Å²) in [6.45, 7) is 1.62. The van der Waals surface area contributed by atoms with Crippen molar-refractivity contribution in [1.82, 2.24) is 0 Å². The van der Waals surface area contributed by atoms with E-state index in [1.165, 1.54) is 19.3 Å². The third kappa shape index (κ3) is 3.57. The lowest BCUT2D eigenvalue weighted by Crippen LogP contribution is -2.14. The molecule has 96 valence electrons. The van der Waals surface area contributed by atoms with Crippen LogP contribution in [-0.2, 0) is 14.3 Å². The van der Waals surface area contributed by atoms with Crippen molar-refractivity contribution in [2.24, 2.45) is 4.99 Å². The van der Waals surface area contributed by atoms with E-state index in [2.05, 4.69) is 9.73 Å². The molecule has 7 heteroatoms. The Hall–Kier alpha value is -1.36. The first-order valence-electron chi connectivity index (χ1n) is 4.81. The molecule has 4 nitrogen and oxygen atoms in total. The summed E-state index contributed by atoms with van der Waals surface area (Å²) in [5.74, 6) is -1.15. The van der Waals surface area contributed by atoms with Crippen LogP contribution in [0.1, 0.15) is 6.92 Å². The second kappa shape index (κ2) is 6.54. The molecule has 0 spiro atoms. The van der Waals surface area contributed by atoms with Gasteiger partial charge in [-0.1, -0.05) is 11.6 Å². The molecule has 1 atom stereocenters. The number of thioether (sulfide) groups is 1. The molecule has 1 unspecified atom stereocenters.